The van der Waals surface area contributed by atoms with Crippen LogP contribution in [0.4, 0.5) is 18.0 Å². The second-order valence-corrected chi connectivity index (χ2v) is 12.4. The van der Waals surface area contributed by atoms with Crippen molar-refractivity contribution in [1.82, 2.24) is 21.3 Å². The van der Waals surface area contributed by atoms with Gasteiger partial charge in [0.1, 0.15) is 23.7 Å². The van der Waals surface area contributed by atoms with Gasteiger partial charge in [0.05, 0.1) is 5.92 Å². The fourth-order valence-corrected chi connectivity index (χ4v) is 4.80. The van der Waals surface area contributed by atoms with Crippen molar-refractivity contribution in [3.8, 4) is 0 Å². The summed E-state index contributed by atoms with van der Waals surface area (Å²) in [6, 6.07) is 4.66. The minimum Gasteiger partial charge on any atom is -0.444 e. The van der Waals surface area contributed by atoms with E-state index < -0.39 is 84.9 Å². The van der Waals surface area contributed by atoms with Crippen LogP contribution in [0.3, 0.4) is 0 Å². The summed E-state index contributed by atoms with van der Waals surface area (Å²) in [6.07, 6.45) is -5.30. The first-order valence-corrected chi connectivity index (χ1v) is 15.7. The van der Waals surface area contributed by atoms with Gasteiger partial charge in [-0.1, -0.05) is 50.1 Å². The van der Waals surface area contributed by atoms with Gasteiger partial charge in [0.25, 0.3) is 0 Å². The van der Waals surface area contributed by atoms with E-state index in [0.717, 1.165) is 0 Å². The Morgan fingerprint density at radius 1 is 0.870 bits per heavy atom. The summed E-state index contributed by atoms with van der Waals surface area (Å²) in [7, 11) is 0. The zero-order valence-electron chi connectivity index (χ0n) is 27.0. The molecule has 14 heteroatoms. The second kappa shape index (κ2) is 18.5. The molecule has 0 aromatic heterocycles. The Labute approximate surface area is 268 Å². The maximum Gasteiger partial charge on any atom is 0.408 e. The monoisotopic (exact) mass is 656 g/mol. The van der Waals surface area contributed by atoms with E-state index in [0.29, 0.717) is 44.3 Å². The van der Waals surface area contributed by atoms with Gasteiger partial charge in [-0.05, 0) is 71.5 Å². The van der Waals surface area contributed by atoms with Gasteiger partial charge < -0.3 is 30.7 Å². The average molecular weight is 657 g/mol. The quantitative estimate of drug-likeness (QED) is 0.163. The topological polar surface area (TPSA) is 152 Å². The standard InChI is InChI=1S/C32H47F3N4O7/c1-5-6-13-24(29(43)45-28(42)22-15-18-36-19-16-22)38-26(40)23(14-10-17-32(33,34)35)37-27(41)25(20-21-11-8-7-9-12-21)39-30(44)46-31(2,3)4/h7-9,11-12,22-25,36H,5-6,10,13-20H2,1-4H3,(H,37,41)(H,38,40)(H,39,44)/t23-,24?,25-/m1/s1. The Hall–Kier alpha value is -3.68. The van der Waals surface area contributed by atoms with Crippen molar-refractivity contribution in [3.05, 3.63) is 35.9 Å². The maximum atomic E-state index is 13.5. The number of alkyl carbamates (subject to hydrolysis) is 1. The third kappa shape index (κ3) is 15.1. The Morgan fingerprint density at radius 3 is 2.04 bits per heavy atom. The van der Waals surface area contributed by atoms with Crippen molar-refractivity contribution in [2.75, 3.05) is 13.1 Å². The Bertz CT molecular complexity index is 1150. The van der Waals surface area contributed by atoms with Crippen molar-refractivity contribution in [2.45, 2.75) is 115 Å². The van der Waals surface area contributed by atoms with E-state index in [9.17, 15) is 37.1 Å². The molecule has 1 saturated heterocycles. The molecule has 0 spiro atoms. The SMILES string of the molecule is CCCCC(NC(=O)[C@@H](CCCC(F)(F)F)NC(=O)[C@@H](Cc1ccccc1)NC(=O)OC(C)(C)C)C(=O)OC(=O)C1CCNCC1. The fraction of sp³-hybridized carbons (Fsp3) is 0.656. The lowest BCUT2D eigenvalue weighted by Gasteiger charge is -2.27. The number of carbonyl (C=O) groups excluding carboxylic acids is 5. The number of nitrogens with one attached hydrogen (secondary N) is 4. The van der Waals surface area contributed by atoms with Gasteiger partial charge in [-0.3, -0.25) is 14.4 Å². The van der Waals surface area contributed by atoms with E-state index in [1.807, 2.05) is 6.92 Å². The number of halogens is 3. The summed E-state index contributed by atoms with van der Waals surface area (Å²) in [4.78, 5) is 65.2. The molecule has 258 valence electrons. The first-order valence-electron chi connectivity index (χ1n) is 15.7. The summed E-state index contributed by atoms with van der Waals surface area (Å²) >= 11 is 0. The lowest BCUT2D eigenvalue weighted by atomic mass is 9.98. The van der Waals surface area contributed by atoms with E-state index in [4.69, 9.17) is 9.47 Å². The maximum absolute atomic E-state index is 13.5. The highest BCUT2D eigenvalue weighted by atomic mass is 19.4. The highest BCUT2D eigenvalue weighted by Crippen LogP contribution is 2.23. The van der Waals surface area contributed by atoms with E-state index in [2.05, 4.69) is 21.3 Å². The van der Waals surface area contributed by atoms with Crippen LogP contribution in [0.25, 0.3) is 0 Å². The van der Waals surface area contributed by atoms with Crippen LogP contribution >= 0.6 is 0 Å². The minimum absolute atomic E-state index is 0.00689. The van der Waals surface area contributed by atoms with Crippen molar-refractivity contribution in [2.24, 2.45) is 5.92 Å². The van der Waals surface area contributed by atoms with Crippen LogP contribution in [0.15, 0.2) is 30.3 Å². The molecule has 4 N–H and O–H groups in total. The molecule has 3 atom stereocenters. The van der Waals surface area contributed by atoms with Crippen molar-refractivity contribution >= 4 is 29.8 Å². The minimum atomic E-state index is -4.50. The molecule has 1 aliphatic rings. The average Bonchev–Trinajstić information content (AvgIpc) is 2.97. The van der Waals surface area contributed by atoms with E-state index in [1.54, 1.807) is 51.1 Å². The molecule has 1 heterocycles. The number of carbonyl (C=O) groups is 5. The molecule has 1 aliphatic heterocycles. The summed E-state index contributed by atoms with van der Waals surface area (Å²) in [5.74, 6) is -3.90. The molecular weight excluding hydrogens is 609 g/mol. The number of benzene rings is 1. The van der Waals surface area contributed by atoms with Crippen LogP contribution in [-0.2, 0) is 35.1 Å². The largest absolute Gasteiger partial charge is 0.444 e. The molecule has 1 unspecified atom stereocenters. The number of unbranched alkanes of at least 4 members (excludes halogenated alkanes) is 1. The van der Waals surface area contributed by atoms with E-state index in [-0.39, 0.29) is 12.8 Å². The van der Waals surface area contributed by atoms with Crippen molar-refractivity contribution < 1.29 is 46.6 Å². The number of rotatable bonds is 15. The van der Waals surface area contributed by atoms with Crippen LogP contribution in [0.1, 0.15) is 84.6 Å². The molecule has 0 radical (unpaired) electrons. The van der Waals surface area contributed by atoms with Crippen LogP contribution in [0.2, 0.25) is 0 Å². The predicted molar refractivity (Wildman–Crippen MR) is 163 cm³/mol. The van der Waals surface area contributed by atoms with Crippen LogP contribution in [0, 0.1) is 5.92 Å². The van der Waals surface area contributed by atoms with Gasteiger partial charge >= 0.3 is 24.2 Å². The molecule has 1 aromatic rings. The second-order valence-electron chi connectivity index (χ2n) is 12.4. The molecule has 1 aromatic carbocycles. The zero-order valence-corrected chi connectivity index (χ0v) is 27.0. The first-order chi connectivity index (χ1) is 21.6. The van der Waals surface area contributed by atoms with Crippen LogP contribution < -0.4 is 21.3 Å². The van der Waals surface area contributed by atoms with Gasteiger partial charge in [-0.2, -0.15) is 13.2 Å². The zero-order chi connectivity index (χ0) is 34.3. The van der Waals surface area contributed by atoms with Gasteiger partial charge in [-0.15, -0.1) is 0 Å². The number of ether oxygens (including phenoxy) is 2. The fourth-order valence-electron chi connectivity index (χ4n) is 4.80. The summed E-state index contributed by atoms with van der Waals surface area (Å²) in [5.41, 5.74) is -0.215. The molecule has 1 fully saturated rings. The van der Waals surface area contributed by atoms with Gasteiger partial charge in [-0.25, -0.2) is 9.59 Å². The molecule has 0 saturated carbocycles. The van der Waals surface area contributed by atoms with E-state index >= 15 is 0 Å². The smallest absolute Gasteiger partial charge is 0.408 e. The lowest BCUT2D eigenvalue weighted by molar-refractivity contribution is -0.165. The van der Waals surface area contributed by atoms with Crippen LogP contribution in [-0.4, -0.2) is 72.8 Å². The number of hydrogen-bond acceptors (Lipinski definition) is 8. The molecule has 0 aliphatic carbocycles. The number of piperidine rings is 1. The van der Waals surface area contributed by atoms with Gasteiger partial charge in [0, 0.05) is 12.8 Å². The number of amides is 3. The third-order valence-electron chi connectivity index (χ3n) is 7.20. The lowest BCUT2D eigenvalue weighted by Crippen LogP contribution is -2.56. The van der Waals surface area contributed by atoms with Gasteiger partial charge in [0.2, 0.25) is 11.8 Å². The highest BCUT2D eigenvalue weighted by Gasteiger charge is 2.34. The molecule has 2 rings (SSSR count). The van der Waals surface area contributed by atoms with E-state index in [1.165, 1.54) is 0 Å². The molecule has 11 nitrogen and oxygen atoms in total. The Kier molecular flexibility index (Phi) is 15.5. The first kappa shape index (κ1) is 38.5. The molecule has 0 bridgehead atoms. The highest BCUT2D eigenvalue weighted by molar-refractivity contribution is 5.95. The predicted octanol–water partition coefficient (Wildman–Crippen LogP) is 4.08. The van der Waals surface area contributed by atoms with Crippen LogP contribution in [0.5, 0.6) is 0 Å². The molecular formula is C32H47F3N4O7. The number of hydrogen-bond donors (Lipinski definition) is 4. The number of esters is 2. The van der Waals surface area contributed by atoms with Gasteiger partial charge in [0.15, 0.2) is 0 Å². The summed E-state index contributed by atoms with van der Waals surface area (Å²) in [6.45, 7) is 7.96. The molecule has 46 heavy (non-hydrogen) atoms. The summed E-state index contributed by atoms with van der Waals surface area (Å²) < 4.78 is 49.4. The van der Waals surface area contributed by atoms with Crippen molar-refractivity contribution in [1.29, 1.82) is 0 Å². The summed E-state index contributed by atoms with van der Waals surface area (Å²) in [5, 5.41) is 10.6. The Balaban J connectivity index is 2.25. The third-order valence-corrected chi connectivity index (χ3v) is 7.20. The Morgan fingerprint density at radius 2 is 1.46 bits per heavy atom. The normalized spacial score (nSPS) is 16.0. The van der Waals surface area contributed by atoms with Crippen molar-refractivity contribution in [3.63, 3.8) is 0 Å². The number of alkyl halides is 3. The molecule has 3 amide bonds.